The minimum absolute atomic E-state index is 0.752. The number of rotatable bonds is 6. The van der Waals surface area contributed by atoms with Crippen molar-refractivity contribution in [1.82, 2.24) is 0 Å². The first-order valence-electron chi connectivity index (χ1n) is 6.52. The minimum Gasteiger partial charge on any atom is -0.493 e. The molecule has 0 aliphatic rings. The molecule has 2 nitrogen and oxygen atoms in total. The lowest BCUT2D eigenvalue weighted by atomic mass is 10.0. The number of hydrogen-bond donors (Lipinski definition) is 0. The fourth-order valence-corrected chi connectivity index (χ4v) is 2.16. The van der Waals surface area contributed by atoms with Gasteiger partial charge in [0.15, 0.2) is 11.5 Å². The first-order chi connectivity index (χ1) is 9.72. The summed E-state index contributed by atoms with van der Waals surface area (Å²) in [7, 11) is 3.29. The van der Waals surface area contributed by atoms with E-state index in [4.69, 9.17) is 21.1 Å². The summed E-state index contributed by atoms with van der Waals surface area (Å²) in [4.78, 5) is 0. The summed E-state index contributed by atoms with van der Waals surface area (Å²) in [5.41, 5.74) is 2.42. The van der Waals surface area contributed by atoms with Gasteiger partial charge in [-0.1, -0.05) is 29.8 Å². The first-order valence-corrected chi connectivity index (χ1v) is 6.90. The van der Waals surface area contributed by atoms with Crippen LogP contribution in [0.5, 0.6) is 11.5 Å². The van der Waals surface area contributed by atoms with Gasteiger partial charge in [0.1, 0.15) is 0 Å². The summed E-state index contributed by atoms with van der Waals surface area (Å²) in [6, 6.07) is 13.9. The van der Waals surface area contributed by atoms with Crippen LogP contribution in [0.1, 0.15) is 17.5 Å². The number of benzene rings is 2. The number of methoxy groups -OCH3 is 2. The van der Waals surface area contributed by atoms with E-state index in [1.165, 1.54) is 5.56 Å². The fraction of sp³-hybridized carbons (Fsp3) is 0.235. The average molecular weight is 290 g/mol. The van der Waals surface area contributed by atoms with Crippen LogP contribution in [0.2, 0.25) is 5.02 Å². The van der Waals surface area contributed by atoms with E-state index in [0.717, 1.165) is 34.9 Å². The molecule has 2 aromatic rings. The molecule has 0 fully saturated rings. The van der Waals surface area contributed by atoms with Crippen LogP contribution < -0.4 is 9.47 Å². The van der Waals surface area contributed by atoms with Crippen molar-refractivity contribution in [2.75, 3.05) is 14.2 Å². The van der Waals surface area contributed by atoms with Gasteiger partial charge in [0.05, 0.1) is 14.2 Å². The SMILES string of the molecule is COc1ccc([CH]CCc2ccc(Cl)cc2)cc1OC. The van der Waals surface area contributed by atoms with Crippen molar-refractivity contribution in [3.8, 4) is 11.5 Å². The second kappa shape index (κ2) is 7.20. The molecule has 0 saturated heterocycles. The molecular weight excluding hydrogens is 272 g/mol. The van der Waals surface area contributed by atoms with E-state index >= 15 is 0 Å². The Bertz CT molecular complexity index is 549. The third-order valence-electron chi connectivity index (χ3n) is 3.13. The van der Waals surface area contributed by atoms with Crippen LogP contribution in [0.15, 0.2) is 42.5 Å². The molecule has 0 aliphatic heterocycles. The Morgan fingerprint density at radius 2 is 1.65 bits per heavy atom. The van der Waals surface area contributed by atoms with Gasteiger partial charge in [-0.05, 0) is 54.7 Å². The number of ether oxygens (including phenoxy) is 2. The topological polar surface area (TPSA) is 18.5 Å². The van der Waals surface area contributed by atoms with Crippen LogP contribution >= 0.6 is 11.6 Å². The first kappa shape index (κ1) is 14.7. The lowest BCUT2D eigenvalue weighted by molar-refractivity contribution is 0.354. The third kappa shape index (κ3) is 3.91. The summed E-state index contributed by atoms with van der Waals surface area (Å²) in [5, 5.41) is 0.776. The molecule has 0 spiro atoms. The summed E-state index contributed by atoms with van der Waals surface area (Å²) in [6.45, 7) is 0. The predicted octanol–water partition coefficient (Wildman–Crippen LogP) is 4.54. The van der Waals surface area contributed by atoms with Crippen molar-refractivity contribution >= 4 is 11.6 Å². The van der Waals surface area contributed by atoms with E-state index in [9.17, 15) is 0 Å². The molecule has 105 valence electrons. The lowest BCUT2D eigenvalue weighted by Crippen LogP contribution is -1.93. The molecule has 0 atom stereocenters. The highest BCUT2D eigenvalue weighted by Gasteiger charge is 2.04. The smallest absolute Gasteiger partial charge is 0.160 e. The van der Waals surface area contributed by atoms with E-state index in [1.807, 2.05) is 30.3 Å². The molecule has 0 bridgehead atoms. The van der Waals surface area contributed by atoms with Crippen LogP contribution in [-0.4, -0.2) is 14.2 Å². The molecule has 0 heterocycles. The molecule has 0 aliphatic carbocycles. The summed E-state index contributed by atoms with van der Waals surface area (Å²) >= 11 is 5.87. The van der Waals surface area contributed by atoms with Gasteiger partial charge in [-0.3, -0.25) is 0 Å². The van der Waals surface area contributed by atoms with E-state index in [0.29, 0.717) is 0 Å². The predicted molar refractivity (Wildman–Crippen MR) is 82.7 cm³/mol. The van der Waals surface area contributed by atoms with Gasteiger partial charge in [0.25, 0.3) is 0 Å². The maximum Gasteiger partial charge on any atom is 0.160 e. The number of hydrogen-bond acceptors (Lipinski definition) is 2. The Labute approximate surface area is 125 Å². The molecule has 20 heavy (non-hydrogen) atoms. The minimum atomic E-state index is 0.752. The van der Waals surface area contributed by atoms with Crippen molar-refractivity contribution in [2.24, 2.45) is 0 Å². The average Bonchev–Trinajstić information content (AvgIpc) is 2.49. The highest BCUT2D eigenvalue weighted by molar-refractivity contribution is 6.30. The van der Waals surface area contributed by atoms with Crippen LogP contribution in [0.3, 0.4) is 0 Å². The Morgan fingerprint density at radius 1 is 0.950 bits per heavy atom. The normalized spacial score (nSPS) is 10.3. The molecular formula is C17H18ClO2. The molecule has 2 aromatic carbocycles. The van der Waals surface area contributed by atoms with Gasteiger partial charge >= 0.3 is 0 Å². The molecule has 2 rings (SSSR count). The van der Waals surface area contributed by atoms with Crippen molar-refractivity contribution in [2.45, 2.75) is 12.8 Å². The van der Waals surface area contributed by atoms with Crippen LogP contribution in [0.25, 0.3) is 0 Å². The van der Waals surface area contributed by atoms with Crippen LogP contribution in [0.4, 0.5) is 0 Å². The molecule has 0 aromatic heterocycles. The van der Waals surface area contributed by atoms with Crippen molar-refractivity contribution < 1.29 is 9.47 Å². The quantitative estimate of drug-likeness (QED) is 0.777. The molecule has 0 unspecified atom stereocenters. The highest BCUT2D eigenvalue weighted by Crippen LogP contribution is 2.28. The van der Waals surface area contributed by atoms with Crippen molar-refractivity contribution in [3.63, 3.8) is 0 Å². The summed E-state index contributed by atoms with van der Waals surface area (Å²) < 4.78 is 10.5. The third-order valence-corrected chi connectivity index (χ3v) is 3.39. The second-order valence-electron chi connectivity index (χ2n) is 4.48. The van der Waals surface area contributed by atoms with E-state index in [1.54, 1.807) is 14.2 Å². The lowest BCUT2D eigenvalue weighted by Gasteiger charge is -2.09. The summed E-state index contributed by atoms with van der Waals surface area (Å²) in [6.07, 6.45) is 4.15. The van der Waals surface area contributed by atoms with Gasteiger partial charge in [-0.15, -0.1) is 0 Å². The van der Waals surface area contributed by atoms with Gasteiger partial charge in [-0.25, -0.2) is 0 Å². The van der Waals surface area contributed by atoms with Gasteiger partial charge < -0.3 is 9.47 Å². The standard InChI is InChI=1S/C17H18ClO2/c1-19-16-11-8-14(12-17(16)20-2)5-3-4-13-6-9-15(18)10-7-13/h5-12H,3-4H2,1-2H3. The van der Waals surface area contributed by atoms with Crippen LogP contribution in [-0.2, 0) is 6.42 Å². The largest absolute Gasteiger partial charge is 0.493 e. The van der Waals surface area contributed by atoms with E-state index < -0.39 is 0 Å². The van der Waals surface area contributed by atoms with Gasteiger partial charge in [0, 0.05) is 5.02 Å². The van der Waals surface area contributed by atoms with E-state index in [2.05, 4.69) is 18.6 Å². The maximum absolute atomic E-state index is 5.87. The Kier molecular flexibility index (Phi) is 5.31. The second-order valence-corrected chi connectivity index (χ2v) is 4.92. The molecule has 0 amide bonds. The zero-order valence-electron chi connectivity index (χ0n) is 11.7. The monoisotopic (exact) mass is 289 g/mol. The molecule has 3 heteroatoms. The Hall–Kier alpha value is -1.67. The Morgan fingerprint density at radius 3 is 2.30 bits per heavy atom. The van der Waals surface area contributed by atoms with Crippen molar-refractivity contribution in [1.29, 1.82) is 0 Å². The van der Waals surface area contributed by atoms with Gasteiger partial charge in [-0.2, -0.15) is 0 Å². The molecule has 1 radical (unpaired) electrons. The number of aryl methyl sites for hydroxylation is 1. The fourth-order valence-electron chi connectivity index (χ4n) is 2.04. The zero-order valence-corrected chi connectivity index (χ0v) is 12.5. The van der Waals surface area contributed by atoms with Crippen LogP contribution in [0, 0.1) is 6.42 Å². The summed E-state index contributed by atoms with van der Waals surface area (Å²) in [5.74, 6) is 1.51. The highest BCUT2D eigenvalue weighted by atomic mass is 35.5. The van der Waals surface area contributed by atoms with Gasteiger partial charge in [0.2, 0.25) is 0 Å². The van der Waals surface area contributed by atoms with E-state index in [-0.39, 0.29) is 0 Å². The Balaban J connectivity index is 1.92. The maximum atomic E-state index is 5.87. The molecule has 0 saturated carbocycles. The number of halogens is 1. The zero-order chi connectivity index (χ0) is 14.4. The van der Waals surface area contributed by atoms with Crippen molar-refractivity contribution in [3.05, 3.63) is 65.0 Å². The molecule has 0 N–H and O–H groups in total.